The fourth-order valence-corrected chi connectivity index (χ4v) is 1.70. The van der Waals surface area contributed by atoms with Crippen LogP contribution in [-0.2, 0) is 28.5 Å². The summed E-state index contributed by atoms with van der Waals surface area (Å²) in [4.78, 5) is 21.6. The molecule has 0 spiro atoms. The third-order valence-corrected chi connectivity index (χ3v) is 2.42. The summed E-state index contributed by atoms with van der Waals surface area (Å²) in [6.45, 7) is -0.401. The van der Waals surface area contributed by atoms with E-state index in [0.717, 1.165) is 0 Å². The molecule has 4 unspecified atom stereocenters. The fraction of sp³-hybridized carbons (Fsp3) is 0.750. The van der Waals surface area contributed by atoms with Gasteiger partial charge in [-0.2, -0.15) is 0 Å². The summed E-state index contributed by atoms with van der Waals surface area (Å²) >= 11 is 0. The average Bonchev–Trinajstić information content (AvgIpc) is 2.85. The van der Waals surface area contributed by atoms with Crippen LogP contribution in [0.5, 0.6) is 0 Å². The zero-order valence-corrected chi connectivity index (χ0v) is 8.07. The Morgan fingerprint density at radius 3 is 1.50 bits per heavy atom. The van der Waals surface area contributed by atoms with Crippen molar-refractivity contribution in [3.63, 3.8) is 0 Å². The predicted molar refractivity (Wildman–Crippen MR) is 44.5 cm³/mol. The maximum atomic E-state index is 10.8. The first-order valence-electron chi connectivity index (χ1n) is 4.53. The molecule has 0 aliphatic carbocycles. The van der Waals surface area contributed by atoms with E-state index in [-0.39, 0.29) is 13.6 Å². The number of carboxylic acid groups (broad SMARTS) is 2. The molecule has 8 heteroatoms. The van der Waals surface area contributed by atoms with E-state index in [4.69, 9.17) is 29.2 Å². The molecule has 0 saturated carbocycles. The van der Waals surface area contributed by atoms with Crippen LogP contribution in [0.2, 0.25) is 0 Å². The molecule has 2 rings (SSSR count). The molecule has 0 bridgehead atoms. The summed E-state index contributed by atoms with van der Waals surface area (Å²) < 4.78 is 19.7. The second-order valence-electron chi connectivity index (χ2n) is 3.35. The number of aliphatic carboxylic acids is 2. The topological polar surface area (TPSA) is 112 Å². The zero-order valence-electron chi connectivity index (χ0n) is 8.07. The zero-order chi connectivity index (χ0) is 11.7. The number of hydrogen-bond acceptors (Lipinski definition) is 6. The number of ether oxygens (including phenoxy) is 4. The largest absolute Gasteiger partial charge is 0.479 e. The highest BCUT2D eigenvalue weighted by molar-refractivity contribution is 5.76. The van der Waals surface area contributed by atoms with Gasteiger partial charge in [0.15, 0.2) is 12.2 Å². The van der Waals surface area contributed by atoms with Crippen LogP contribution < -0.4 is 0 Å². The van der Waals surface area contributed by atoms with E-state index in [0.29, 0.717) is 0 Å². The maximum absolute atomic E-state index is 10.8. The summed E-state index contributed by atoms with van der Waals surface area (Å²) in [5.74, 6) is -2.44. The lowest BCUT2D eigenvalue weighted by Crippen LogP contribution is -2.47. The van der Waals surface area contributed by atoms with E-state index >= 15 is 0 Å². The Morgan fingerprint density at radius 2 is 1.19 bits per heavy atom. The Hall–Kier alpha value is -1.22. The van der Waals surface area contributed by atoms with Crippen LogP contribution in [0.15, 0.2) is 0 Å². The summed E-state index contributed by atoms with van der Waals surface area (Å²) in [5, 5.41) is 17.6. The molecule has 2 N–H and O–H groups in total. The first kappa shape index (κ1) is 11.3. The van der Waals surface area contributed by atoms with Crippen molar-refractivity contribution >= 4 is 11.9 Å². The molecule has 2 aliphatic rings. The summed E-state index contributed by atoms with van der Waals surface area (Å²) in [6.07, 6.45) is -4.40. The smallest absolute Gasteiger partial charge is 0.335 e. The van der Waals surface area contributed by atoms with Gasteiger partial charge in [0, 0.05) is 0 Å². The number of hydrogen-bond donors (Lipinski definition) is 2. The van der Waals surface area contributed by atoms with Gasteiger partial charge in [-0.25, -0.2) is 9.59 Å². The molecule has 2 fully saturated rings. The molecule has 90 valence electrons. The van der Waals surface area contributed by atoms with Gasteiger partial charge in [-0.3, -0.25) is 0 Å². The van der Waals surface area contributed by atoms with Gasteiger partial charge in [0.2, 0.25) is 0 Å². The Morgan fingerprint density at radius 1 is 0.812 bits per heavy atom. The highest BCUT2D eigenvalue weighted by Crippen LogP contribution is 2.26. The van der Waals surface area contributed by atoms with E-state index in [1.807, 2.05) is 0 Å². The van der Waals surface area contributed by atoms with Crippen LogP contribution >= 0.6 is 0 Å². The fourth-order valence-electron chi connectivity index (χ4n) is 1.70. The molecule has 2 heterocycles. The van der Waals surface area contributed by atoms with Gasteiger partial charge < -0.3 is 29.2 Å². The van der Waals surface area contributed by atoms with Crippen LogP contribution in [0.4, 0.5) is 0 Å². The third-order valence-electron chi connectivity index (χ3n) is 2.42. The summed E-state index contributed by atoms with van der Waals surface area (Å²) in [5.41, 5.74) is 0. The molecular formula is C8H10O8. The third kappa shape index (κ3) is 1.87. The second kappa shape index (κ2) is 4.34. The Labute approximate surface area is 89.6 Å². The molecule has 4 atom stereocenters. The summed E-state index contributed by atoms with van der Waals surface area (Å²) in [7, 11) is 0. The molecule has 2 aliphatic heterocycles. The highest BCUT2D eigenvalue weighted by atomic mass is 16.8. The van der Waals surface area contributed by atoms with Crippen molar-refractivity contribution in [2.45, 2.75) is 24.4 Å². The number of carbonyl (C=O) groups is 2. The molecular weight excluding hydrogens is 224 g/mol. The van der Waals surface area contributed by atoms with Crippen molar-refractivity contribution in [2.24, 2.45) is 0 Å². The van der Waals surface area contributed by atoms with Gasteiger partial charge in [-0.05, 0) is 0 Å². The standard InChI is InChI=1S/C8H10O8/c9-7(10)5-3(13-1-15-5)4-6(8(11)12)16-2-14-4/h3-6H,1-2H2,(H,9,10)(H,11,12). The van der Waals surface area contributed by atoms with E-state index in [2.05, 4.69) is 0 Å². The van der Waals surface area contributed by atoms with Crippen LogP contribution in [0.3, 0.4) is 0 Å². The van der Waals surface area contributed by atoms with Gasteiger partial charge in [-0.1, -0.05) is 0 Å². The number of carboxylic acids is 2. The predicted octanol–water partition coefficient (Wildman–Crippen LogP) is -1.36. The molecule has 16 heavy (non-hydrogen) atoms. The molecule has 8 nitrogen and oxygen atoms in total. The lowest BCUT2D eigenvalue weighted by molar-refractivity contribution is -0.154. The van der Waals surface area contributed by atoms with E-state index in [1.54, 1.807) is 0 Å². The van der Waals surface area contributed by atoms with Crippen LogP contribution in [0.1, 0.15) is 0 Å². The normalized spacial score (nSPS) is 38.8. The van der Waals surface area contributed by atoms with Crippen molar-refractivity contribution in [2.75, 3.05) is 13.6 Å². The monoisotopic (exact) mass is 234 g/mol. The molecule has 0 aromatic heterocycles. The highest BCUT2D eigenvalue weighted by Gasteiger charge is 2.49. The van der Waals surface area contributed by atoms with Gasteiger partial charge in [0.05, 0.1) is 0 Å². The van der Waals surface area contributed by atoms with Crippen molar-refractivity contribution in [3.8, 4) is 0 Å². The van der Waals surface area contributed by atoms with Crippen molar-refractivity contribution in [1.82, 2.24) is 0 Å². The van der Waals surface area contributed by atoms with Gasteiger partial charge >= 0.3 is 11.9 Å². The van der Waals surface area contributed by atoms with E-state index < -0.39 is 36.4 Å². The SMILES string of the molecule is O=C(O)C1OCOC1C1OCOC1C(=O)O. The lowest BCUT2D eigenvalue weighted by Gasteiger charge is -2.21. The minimum absolute atomic E-state index is 0.201. The molecule has 2 saturated heterocycles. The Bertz CT molecular complexity index is 272. The quantitative estimate of drug-likeness (QED) is 0.615. The van der Waals surface area contributed by atoms with Crippen molar-refractivity contribution in [3.05, 3.63) is 0 Å². The van der Waals surface area contributed by atoms with Crippen LogP contribution in [0, 0.1) is 0 Å². The van der Waals surface area contributed by atoms with Crippen molar-refractivity contribution in [1.29, 1.82) is 0 Å². The van der Waals surface area contributed by atoms with Gasteiger partial charge in [0.25, 0.3) is 0 Å². The van der Waals surface area contributed by atoms with Crippen molar-refractivity contribution < 1.29 is 38.7 Å². The second-order valence-corrected chi connectivity index (χ2v) is 3.35. The van der Waals surface area contributed by atoms with Gasteiger partial charge in [0.1, 0.15) is 25.8 Å². The lowest BCUT2D eigenvalue weighted by atomic mass is 10.0. The molecule has 0 aromatic rings. The van der Waals surface area contributed by atoms with E-state index in [1.165, 1.54) is 0 Å². The van der Waals surface area contributed by atoms with Gasteiger partial charge in [-0.15, -0.1) is 0 Å². The van der Waals surface area contributed by atoms with Crippen LogP contribution in [-0.4, -0.2) is 60.2 Å². The molecule has 0 aromatic carbocycles. The Kier molecular flexibility index (Phi) is 3.06. The summed E-state index contributed by atoms with van der Waals surface area (Å²) in [6, 6.07) is 0. The molecule has 0 radical (unpaired) electrons. The first-order valence-corrected chi connectivity index (χ1v) is 4.53. The maximum Gasteiger partial charge on any atom is 0.335 e. The minimum atomic E-state index is -1.23. The molecule has 0 amide bonds. The Balaban J connectivity index is 2.11. The minimum Gasteiger partial charge on any atom is -0.479 e. The van der Waals surface area contributed by atoms with Crippen LogP contribution in [0.25, 0.3) is 0 Å². The first-order chi connectivity index (χ1) is 7.61. The number of rotatable bonds is 3. The average molecular weight is 234 g/mol. The van der Waals surface area contributed by atoms with E-state index in [9.17, 15) is 9.59 Å².